The minimum atomic E-state index is -0.525. The summed E-state index contributed by atoms with van der Waals surface area (Å²) >= 11 is 0. The van der Waals surface area contributed by atoms with Gasteiger partial charge in [-0.2, -0.15) is 9.97 Å². The number of nitrogens with two attached hydrogens (primary N) is 1. The molecule has 0 atom stereocenters. The zero-order valence-electron chi connectivity index (χ0n) is 12.1. The lowest BCUT2D eigenvalue weighted by molar-refractivity contribution is -0.383. The molecule has 10 heteroatoms. The Balaban J connectivity index is 1.99. The number of nitrogen functional groups attached to an aromatic ring is 1. The second-order valence-corrected chi connectivity index (χ2v) is 5.04. The van der Waals surface area contributed by atoms with E-state index in [2.05, 4.69) is 9.97 Å². The molecule has 0 bridgehead atoms. The van der Waals surface area contributed by atoms with E-state index in [0.717, 1.165) is 0 Å². The smallest absolute Gasteiger partial charge is 0.353 e. The molecule has 22 heavy (non-hydrogen) atoms. The lowest BCUT2D eigenvalue weighted by Crippen LogP contribution is -2.40. The van der Waals surface area contributed by atoms with Gasteiger partial charge in [0.15, 0.2) is 0 Å². The average molecular weight is 310 g/mol. The van der Waals surface area contributed by atoms with Crippen molar-refractivity contribution < 1.29 is 14.4 Å². The van der Waals surface area contributed by atoms with Crippen LogP contribution in [0.1, 0.15) is 0 Å². The zero-order valence-corrected chi connectivity index (χ0v) is 12.1. The van der Waals surface area contributed by atoms with Crippen LogP contribution in [-0.2, 0) is 9.47 Å². The van der Waals surface area contributed by atoms with E-state index in [1.54, 1.807) is 0 Å². The van der Waals surface area contributed by atoms with E-state index < -0.39 is 4.92 Å². The number of nitro groups is 1. The number of hydrogen-bond acceptors (Lipinski definition) is 9. The van der Waals surface area contributed by atoms with Crippen LogP contribution in [0.2, 0.25) is 0 Å². The average Bonchev–Trinajstić information content (AvgIpc) is 2.55. The molecule has 0 amide bonds. The van der Waals surface area contributed by atoms with E-state index in [9.17, 15) is 10.1 Å². The van der Waals surface area contributed by atoms with E-state index in [-0.39, 0.29) is 17.3 Å². The Morgan fingerprint density at radius 2 is 1.55 bits per heavy atom. The third kappa shape index (κ3) is 2.88. The second kappa shape index (κ2) is 6.28. The van der Waals surface area contributed by atoms with Crippen molar-refractivity contribution in [3.05, 3.63) is 10.1 Å². The van der Waals surface area contributed by atoms with E-state index >= 15 is 0 Å². The standard InChI is InChI=1S/C12H18N6O4/c13-10-9(18(19)20)11(16-1-5-21-6-2-16)15-12(14-10)17-3-7-22-8-4-17/h1-8H2,(H2,13,14,15). The largest absolute Gasteiger partial charge is 0.378 e. The first-order valence-corrected chi connectivity index (χ1v) is 7.14. The summed E-state index contributed by atoms with van der Waals surface area (Å²) in [4.78, 5) is 23.1. The first-order chi connectivity index (χ1) is 10.7. The number of aromatic nitrogens is 2. The summed E-state index contributed by atoms with van der Waals surface area (Å²) in [5.41, 5.74) is 5.59. The van der Waals surface area contributed by atoms with Crippen molar-refractivity contribution in [3.8, 4) is 0 Å². The minimum Gasteiger partial charge on any atom is -0.378 e. The van der Waals surface area contributed by atoms with Crippen LogP contribution in [0, 0.1) is 10.1 Å². The van der Waals surface area contributed by atoms with Crippen molar-refractivity contribution in [2.24, 2.45) is 0 Å². The van der Waals surface area contributed by atoms with Crippen LogP contribution in [0.25, 0.3) is 0 Å². The Labute approximate surface area is 127 Å². The Morgan fingerprint density at radius 3 is 2.09 bits per heavy atom. The summed E-state index contributed by atoms with van der Waals surface area (Å²) in [7, 11) is 0. The molecule has 2 N–H and O–H groups in total. The monoisotopic (exact) mass is 310 g/mol. The maximum absolute atomic E-state index is 11.3. The molecule has 120 valence electrons. The SMILES string of the molecule is Nc1nc(N2CCOCC2)nc(N2CCOCC2)c1[N+](=O)[O-]. The van der Waals surface area contributed by atoms with Gasteiger partial charge in [-0.3, -0.25) is 10.1 Å². The highest BCUT2D eigenvalue weighted by Gasteiger charge is 2.29. The third-order valence-corrected chi connectivity index (χ3v) is 3.67. The van der Waals surface area contributed by atoms with Crippen LogP contribution < -0.4 is 15.5 Å². The Hall–Kier alpha value is -2.20. The summed E-state index contributed by atoms with van der Waals surface area (Å²) in [5, 5.41) is 11.3. The summed E-state index contributed by atoms with van der Waals surface area (Å²) in [6.07, 6.45) is 0. The van der Waals surface area contributed by atoms with E-state index in [1.807, 2.05) is 9.80 Å². The van der Waals surface area contributed by atoms with E-state index in [1.165, 1.54) is 0 Å². The van der Waals surface area contributed by atoms with Crippen molar-refractivity contribution in [1.29, 1.82) is 0 Å². The van der Waals surface area contributed by atoms with Crippen LogP contribution in [0.4, 0.5) is 23.3 Å². The molecule has 2 fully saturated rings. The number of hydrogen-bond donors (Lipinski definition) is 1. The van der Waals surface area contributed by atoms with Gasteiger partial charge >= 0.3 is 5.69 Å². The normalized spacial score (nSPS) is 19.3. The van der Waals surface area contributed by atoms with Crippen molar-refractivity contribution >= 4 is 23.3 Å². The summed E-state index contributed by atoms with van der Waals surface area (Å²) in [5.74, 6) is 0.568. The summed E-state index contributed by atoms with van der Waals surface area (Å²) < 4.78 is 10.6. The van der Waals surface area contributed by atoms with Crippen LogP contribution in [0.3, 0.4) is 0 Å². The maximum Gasteiger partial charge on any atom is 0.353 e. The first kappa shape index (κ1) is 14.7. The van der Waals surface area contributed by atoms with Gasteiger partial charge in [-0.15, -0.1) is 0 Å². The number of rotatable bonds is 3. The number of ether oxygens (including phenoxy) is 2. The predicted molar refractivity (Wildman–Crippen MR) is 79.2 cm³/mol. The minimum absolute atomic E-state index is 0.108. The molecule has 0 aromatic carbocycles. The van der Waals surface area contributed by atoms with Crippen molar-refractivity contribution in [2.45, 2.75) is 0 Å². The van der Waals surface area contributed by atoms with Gasteiger partial charge in [-0.1, -0.05) is 0 Å². The van der Waals surface area contributed by atoms with Crippen molar-refractivity contribution in [2.75, 3.05) is 68.1 Å². The van der Waals surface area contributed by atoms with Gasteiger partial charge in [0.1, 0.15) is 0 Å². The number of morpholine rings is 2. The molecular formula is C12H18N6O4. The highest BCUT2D eigenvalue weighted by atomic mass is 16.6. The molecule has 2 saturated heterocycles. The van der Waals surface area contributed by atoms with Crippen molar-refractivity contribution in [3.63, 3.8) is 0 Å². The molecule has 2 aliphatic rings. The molecule has 1 aromatic heterocycles. The molecule has 0 unspecified atom stereocenters. The third-order valence-electron chi connectivity index (χ3n) is 3.67. The van der Waals surface area contributed by atoms with Gasteiger partial charge in [0.2, 0.25) is 17.6 Å². The van der Waals surface area contributed by atoms with Crippen LogP contribution in [0.15, 0.2) is 0 Å². The molecule has 0 radical (unpaired) electrons. The highest BCUT2D eigenvalue weighted by molar-refractivity contribution is 5.71. The van der Waals surface area contributed by atoms with Crippen LogP contribution >= 0.6 is 0 Å². The molecule has 1 aromatic rings. The predicted octanol–water partition coefficient (Wildman–Crippen LogP) is -0.360. The quantitative estimate of drug-likeness (QED) is 0.589. The van der Waals surface area contributed by atoms with Crippen molar-refractivity contribution in [1.82, 2.24) is 9.97 Å². The summed E-state index contributed by atoms with van der Waals surface area (Å²) in [6.45, 7) is 4.53. The van der Waals surface area contributed by atoms with Gasteiger partial charge in [0.25, 0.3) is 0 Å². The lowest BCUT2D eigenvalue weighted by atomic mass is 10.3. The maximum atomic E-state index is 11.3. The van der Waals surface area contributed by atoms with Gasteiger partial charge < -0.3 is 25.0 Å². The van der Waals surface area contributed by atoms with Crippen LogP contribution in [0.5, 0.6) is 0 Å². The van der Waals surface area contributed by atoms with Gasteiger partial charge in [0, 0.05) is 26.2 Å². The fourth-order valence-corrected chi connectivity index (χ4v) is 2.52. The number of nitrogens with zero attached hydrogens (tertiary/aromatic N) is 5. The molecule has 0 saturated carbocycles. The van der Waals surface area contributed by atoms with E-state index in [4.69, 9.17) is 15.2 Å². The van der Waals surface area contributed by atoms with Gasteiger partial charge in [-0.05, 0) is 0 Å². The van der Waals surface area contributed by atoms with Gasteiger partial charge in [0.05, 0.1) is 31.4 Å². The molecule has 3 heterocycles. The first-order valence-electron chi connectivity index (χ1n) is 7.14. The number of anilines is 3. The fourth-order valence-electron chi connectivity index (χ4n) is 2.52. The molecule has 2 aliphatic heterocycles. The molecule has 3 rings (SSSR count). The Kier molecular flexibility index (Phi) is 4.20. The molecule has 0 aliphatic carbocycles. The van der Waals surface area contributed by atoms with Crippen LogP contribution in [-0.4, -0.2) is 67.5 Å². The zero-order chi connectivity index (χ0) is 15.5. The summed E-state index contributed by atoms with van der Waals surface area (Å²) in [6, 6.07) is 0. The second-order valence-electron chi connectivity index (χ2n) is 5.04. The van der Waals surface area contributed by atoms with Gasteiger partial charge in [-0.25, -0.2) is 0 Å². The molecule has 10 nitrogen and oxygen atoms in total. The molecule has 0 spiro atoms. The highest BCUT2D eigenvalue weighted by Crippen LogP contribution is 2.33. The molecular weight excluding hydrogens is 292 g/mol. The van der Waals surface area contributed by atoms with E-state index in [0.29, 0.717) is 58.6 Å². The lowest BCUT2D eigenvalue weighted by Gasteiger charge is -2.30. The topological polar surface area (TPSA) is 120 Å². The fraction of sp³-hybridized carbons (Fsp3) is 0.667. The Bertz CT molecular complexity index is 557. The Morgan fingerprint density at radius 1 is 1.00 bits per heavy atom.